The highest BCUT2D eigenvalue weighted by molar-refractivity contribution is 5.82. The number of esters is 2. The molecule has 1 rings (SSSR count). The standard InChI is InChI=1S/C20H34O4/c1-4-6-7-8-9-12-15-23-19(21)17-13-10-11-14-18(17)20(22)24-16(3)5-2/h10-11,16-18H,4-9,12-15H2,1-3H3. The first kappa shape index (κ1) is 20.7. The van der Waals surface area contributed by atoms with Gasteiger partial charge in [-0.3, -0.25) is 9.59 Å². The van der Waals surface area contributed by atoms with E-state index in [2.05, 4.69) is 6.92 Å². The smallest absolute Gasteiger partial charge is 0.310 e. The molecule has 3 atom stereocenters. The Bertz CT molecular complexity index is 402. The topological polar surface area (TPSA) is 52.6 Å². The van der Waals surface area contributed by atoms with E-state index in [4.69, 9.17) is 9.47 Å². The van der Waals surface area contributed by atoms with Gasteiger partial charge in [-0.1, -0.05) is 58.1 Å². The Kier molecular flexibility index (Phi) is 10.4. The van der Waals surface area contributed by atoms with E-state index in [1.54, 1.807) is 0 Å². The molecule has 1 aliphatic rings. The number of hydrogen-bond donors (Lipinski definition) is 0. The molecular formula is C20H34O4. The molecule has 0 radical (unpaired) electrons. The third-order valence-corrected chi connectivity index (χ3v) is 4.67. The van der Waals surface area contributed by atoms with Crippen LogP contribution in [0.5, 0.6) is 0 Å². The molecule has 0 aromatic carbocycles. The molecule has 0 spiro atoms. The van der Waals surface area contributed by atoms with Crippen LogP contribution in [0.25, 0.3) is 0 Å². The van der Waals surface area contributed by atoms with Gasteiger partial charge in [-0.15, -0.1) is 0 Å². The Hall–Kier alpha value is -1.32. The van der Waals surface area contributed by atoms with Gasteiger partial charge in [0.25, 0.3) is 0 Å². The van der Waals surface area contributed by atoms with Crippen molar-refractivity contribution in [3.8, 4) is 0 Å². The third-order valence-electron chi connectivity index (χ3n) is 4.67. The van der Waals surface area contributed by atoms with Gasteiger partial charge < -0.3 is 9.47 Å². The summed E-state index contributed by atoms with van der Waals surface area (Å²) in [6, 6.07) is 0. The van der Waals surface area contributed by atoms with Crippen LogP contribution in [0.15, 0.2) is 12.2 Å². The largest absolute Gasteiger partial charge is 0.465 e. The van der Waals surface area contributed by atoms with Crippen molar-refractivity contribution in [3.63, 3.8) is 0 Å². The van der Waals surface area contributed by atoms with E-state index in [0.717, 1.165) is 19.3 Å². The van der Waals surface area contributed by atoms with Gasteiger partial charge in [0.05, 0.1) is 24.5 Å². The number of rotatable bonds is 11. The van der Waals surface area contributed by atoms with E-state index < -0.39 is 11.8 Å². The summed E-state index contributed by atoms with van der Waals surface area (Å²) in [7, 11) is 0. The second kappa shape index (κ2) is 12.1. The van der Waals surface area contributed by atoms with E-state index in [9.17, 15) is 9.59 Å². The van der Waals surface area contributed by atoms with Crippen LogP contribution in [0.3, 0.4) is 0 Å². The lowest BCUT2D eigenvalue weighted by atomic mass is 9.83. The Morgan fingerprint density at radius 1 is 0.958 bits per heavy atom. The quantitative estimate of drug-likeness (QED) is 0.308. The van der Waals surface area contributed by atoms with E-state index in [1.807, 2.05) is 26.0 Å². The molecule has 0 heterocycles. The lowest BCUT2D eigenvalue weighted by Gasteiger charge is -2.26. The number of unbranched alkanes of at least 4 members (excludes halogenated alkanes) is 5. The fourth-order valence-electron chi connectivity index (χ4n) is 2.87. The first-order valence-corrected chi connectivity index (χ1v) is 9.62. The van der Waals surface area contributed by atoms with Crippen LogP contribution in [0.4, 0.5) is 0 Å². The minimum Gasteiger partial charge on any atom is -0.465 e. The van der Waals surface area contributed by atoms with Gasteiger partial charge in [0.2, 0.25) is 0 Å². The average molecular weight is 338 g/mol. The van der Waals surface area contributed by atoms with E-state index in [-0.39, 0.29) is 18.0 Å². The summed E-state index contributed by atoms with van der Waals surface area (Å²) in [5.41, 5.74) is 0. The van der Waals surface area contributed by atoms with Crippen molar-refractivity contribution < 1.29 is 19.1 Å². The van der Waals surface area contributed by atoms with Crippen LogP contribution in [0.1, 0.15) is 78.6 Å². The molecule has 0 amide bonds. The Labute approximate surface area is 147 Å². The molecule has 138 valence electrons. The molecule has 3 unspecified atom stereocenters. The summed E-state index contributed by atoms with van der Waals surface area (Å²) < 4.78 is 10.8. The van der Waals surface area contributed by atoms with Gasteiger partial charge in [0.1, 0.15) is 0 Å². The zero-order valence-electron chi connectivity index (χ0n) is 15.6. The van der Waals surface area contributed by atoms with Crippen molar-refractivity contribution in [1.82, 2.24) is 0 Å². The fourth-order valence-corrected chi connectivity index (χ4v) is 2.87. The minimum atomic E-state index is -0.402. The monoisotopic (exact) mass is 338 g/mol. The predicted molar refractivity (Wildman–Crippen MR) is 95.5 cm³/mol. The molecule has 0 N–H and O–H groups in total. The highest BCUT2D eigenvalue weighted by Crippen LogP contribution is 2.28. The Morgan fingerprint density at radius 3 is 2.17 bits per heavy atom. The third kappa shape index (κ3) is 7.50. The maximum atomic E-state index is 12.3. The second-order valence-electron chi connectivity index (χ2n) is 6.75. The van der Waals surface area contributed by atoms with Crippen LogP contribution in [-0.2, 0) is 19.1 Å². The van der Waals surface area contributed by atoms with E-state index >= 15 is 0 Å². The molecule has 4 nitrogen and oxygen atoms in total. The summed E-state index contributed by atoms with van der Waals surface area (Å²) >= 11 is 0. The van der Waals surface area contributed by atoms with Crippen molar-refractivity contribution in [2.75, 3.05) is 6.61 Å². The maximum Gasteiger partial charge on any atom is 0.310 e. The van der Waals surface area contributed by atoms with Crippen LogP contribution in [-0.4, -0.2) is 24.6 Å². The fraction of sp³-hybridized carbons (Fsp3) is 0.800. The van der Waals surface area contributed by atoms with Gasteiger partial charge in [0.15, 0.2) is 0 Å². The number of allylic oxidation sites excluding steroid dienone is 2. The minimum absolute atomic E-state index is 0.108. The molecule has 0 bridgehead atoms. The molecule has 0 fully saturated rings. The van der Waals surface area contributed by atoms with Crippen molar-refractivity contribution in [1.29, 1.82) is 0 Å². The number of hydrogen-bond acceptors (Lipinski definition) is 4. The normalized spacial score (nSPS) is 21.3. The summed E-state index contributed by atoms with van der Waals surface area (Å²) in [5.74, 6) is -1.32. The van der Waals surface area contributed by atoms with Gasteiger partial charge in [-0.2, -0.15) is 0 Å². The van der Waals surface area contributed by atoms with Crippen LogP contribution in [0, 0.1) is 11.8 Å². The molecule has 0 saturated carbocycles. The maximum absolute atomic E-state index is 12.3. The highest BCUT2D eigenvalue weighted by atomic mass is 16.5. The molecular weight excluding hydrogens is 304 g/mol. The van der Waals surface area contributed by atoms with Crippen molar-refractivity contribution in [3.05, 3.63) is 12.2 Å². The number of carbonyl (C=O) groups is 2. The summed E-state index contributed by atoms with van der Waals surface area (Å²) in [5, 5.41) is 0. The van der Waals surface area contributed by atoms with E-state index in [0.29, 0.717) is 19.4 Å². The number of ether oxygens (including phenoxy) is 2. The van der Waals surface area contributed by atoms with Crippen molar-refractivity contribution in [2.24, 2.45) is 11.8 Å². The molecule has 0 saturated heterocycles. The molecule has 4 heteroatoms. The molecule has 0 aliphatic heterocycles. The summed E-state index contributed by atoms with van der Waals surface area (Å²) in [6.45, 7) is 6.51. The number of carbonyl (C=O) groups excluding carboxylic acids is 2. The van der Waals surface area contributed by atoms with Gasteiger partial charge in [-0.25, -0.2) is 0 Å². The zero-order valence-corrected chi connectivity index (χ0v) is 15.6. The van der Waals surface area contributed by atoms with Crippen LogP contribution < -0.4 is 0 Å². The SMILES string of the molecule is CCCCCCCCOC(=O)C1CC=CCC1C(=O)OC(C)CC. The second-order valence-corrected chi connectivity index (χ2v) is 6.75. The molecule has 24 heavy (non-hydrogen) atoms. The van der Waals surface area contributed by atoms with E-state index in [1.165, 1.54) is 25.7 Å². The van der Waals surface area contributed by atoms with Crippen LogP contribution >= 0.6 is 0 Å². The van der Waals surface area contributed by atoms with Crippen molar-refractivity contribution >= 4 is 11.9 Å². The highest BCUT2D eigenvalue weighted by Gasteiger charge is 2.36. The van der Waals surface area contributed by atoms with Gasteiger partial charge >= 0.3 is 11.9 Å². The van der Waals surface area contributed by atoms with Crippen molar-refractivity contribution in [2.45, 2.75) is 84.7 Å². The Balaban J connectivity index is 2.37. The first-order chi connectivity index (χ1) is 11.6. The van der Waals surface area contributed by atoms with Gasteiger partial charge in [-0.05, 0) is 32.6 Å². The molecule has 0 aromatic rings. The Morgan fingerprint density at radius 2 is 1.54 bits per heavy atom. The van der Waals surface area contributed by atoms with Crippen LogP contribution in [0.2, 0.25) is 0 Å². The molecule has 1 aliphatic carbocycles. The zero-order chi connectivity index (χ0) is 17.8. The lowest BCUT2D eigenvalue weighted by molar-refractivity contribution is -0.163. The predicted octanol–water partition coefficient (Wildman–Crippen LogP) is 4.81. The average Bonchev–Trinajstić information content (AvgIpc) is 2.60. The van der Waals surface area contributed by atoms with Gasteiger partial charge in [0, 0.05) is 0 Å². The summed E-state index contributed by atoms with van der Waals surface area (Å²) in [4.78, 5) is 24.6. The summed E-state index contributed by atoms with van der Waals surface area (Å²) in [6.07, 6.45) is 12.7. The lowest BCUT2D eigenvalue weighted by Crippen LogP contribution is -2.35. The first-order valence-electron chi connectivity index (χ1n) is 9.62. The molecule has 0 aromatic heterocycles.